The average molecular weight is 283 g/mol. The molecule has 108 valence electrons. The first-order valence-electron chi connectivity index (χ1n) is 6.93. The van der Waals surface area contributed by atoms with E-state index < -0.39 is 0 Å². The molecular weight excluding hydrogens is 266 g/mol. The van der Waals surface area contributed by atoms with Gasteiger partial charge in [-0.3, -0.25) is 4.79 Å². The van der Waals surface area contributed by atoms with Crippen LogP contribution in [0.4, 0.5) is 0 Å². The highest BCUT2D eigenvalue weighted by atomic mass is 16.5. The lowest BCUT2D eigenvalue weighted by atomic mass is 10.1. The molecule has 0 bridgehead atoms. The summed E-state index contributed by atoms with van der Waals surface area (Å²) in [5.74, 6) is 1.60. The molecule has 0 saturated carbocycles. The van der Waals surface area contributed by atoms with Crippen LogP contribution in [0.3, 0.4) is 0 Å². The van der Waals surface area contributed by atoms with Crippen molar-refractivity contribution < 1.29 is 14.3 Å². The first-order chi connectivity index (χ1) is 10.3. The van der Waals surface area contributed by atoms with Crippen LogP contribution in [0.1, 0.15) is 21.5 Å². The van der Waals surface area contributed by atoms with Gasteiger partial charge < -0.3 is 14.8 Å². The molecule has 4 heteroatoms. The van der Waals surface area contributed by atoms with Gasteiger partial charge in [0, 0.05) is 18.5 Å². The molecule has 0 fully saturated rings. The van der Waals surface area contributed by atoms with E-state index in [4.69, 9.17) is 9.47 Å². The second kappa shape index (κ2) is 5.87. The molecule has 0 radical (unpaired) electrons. The highest BCUT2D eigenvalue weighted by molar-refractivity contribution is 5.94. The molecule has 1 amide bonds. The topological polar surface area (TPSA) is 47.6 Å². The highest BCUT2D eigenvalue weighted by Crippen LogP contribution is 2.25. The van der Waals surface area contributed by atoms with Gasteiger partial charge in [-0.25, -0.2) is 0 Å². The van der Waals surface area contributed by atoms with Gasteiger partial charge >= 0.3 is 0 Å². The SMILES string of the molecule is COc1cccc(CNC(=O)c2ccc3c(c2)CCO3)c1. The van der Waals surface area contributed by atoms with Crippen LogP contribution in [-0.4, -0.2) is 19.6 Å². The molecule has 1 aliphatic heterocycles. The van der Waals surface area contributed by atoms with E-state index >= 15 is 0 Å². The van der Waals surface area contributed by atoms with Crippen LogP contribution in [-0.2, 0) is 13.0 Å². The van der Waals surface area contributed by atoms with Crippen LogP contribution in [0.15, 0.2) is 42.5 Å². The van der Waals surface area contributed by atoms with Gasteiger partial charge in [0.2, 0.25) is 0 Å². The summed E-state index contributed by atoms with van der Waals surface area (Å²) in [5, 5.41) is 2.92. The summed E-state index contributed by atoms with van der Waals surface area (Å²) >= 11 is 0. The fourth-order valence-corrected chi connectivity index (χ4v) is 2.39. The minimum Gasteiger partial charge on any atom is -0.497 e. The van der Waals surface area contributed by atoms with Crippen LogP contribution in [0, 0.1) is 0 Å². The summed E-state index contributed by atoms with van der Waals surface area (Å²) in [6, 6.07) is 13.2. The summed E-state index contributed by atoms with van der Waals surface area (Å²) in [6.45, 7) is 1.17. The average Bonchev–Trinajstić information content (AvgIpc) is 3.00. The van der Waals surface area contributed by atoms with Gasteiger partial charge in [0.25, 0.3) is 5.91 Å². The van der Waals surface area contributed by atoms with Crippen LogP contribution in [0.5, 0.6) is 11.5 Å². The van der Waals surface area contributed by atoms with Gasteiger partial charge in [-0.05, 0) is 41.5 Å². The third-order valence-corrected chi connectivity index (χ3v) is 3.54. The van der Waals surface area contributed by atoms with Crippen LogP contribution < -0.4 is 14.8 Å². The monoisotopic (exact) mass is 283 g/mol. The molecule has 1 N–H and O–H groups in total. The van der Waals surface area contributed by atoms with Crippen LogP contribution in [0.2, 0.25) is 0 Å². The van der Waals surface area contributed by atoms with E-state index in [1.807, 2.05) is 36.4 Å². The zero-order chi connectivity index (χ0) is 14.7. The molecule has 0 atom stereocenters. The Bertz CT molecular complexity index is 667. The zero-order valence-corrected chi connectivity index (χ0v) is 11.9. The standard InChI is InChI=1S/C17H17NO3/c1-20-15-4-2-3-12(9-15)11-18-17(19)14-5-6-16-13(10-14)7-8-21-16/h2-6,9-10H,7-8,11H2,1H3,(H,18,19). The second-order valence-electron chi connectivity index (χ2n) is 4.96. The van der Waals surface area contributed by atoms with Crippen molar-refractivity contribution in [3.63, 3.8) is 0 Å². The van der Waals surface area contributed by atoms with E-state index in [2.05, 4.69) is 5.32 Å². The molecule has 1 aliphatic rings. The predicted octanol–water partition coefficient (Wildman–Crippen LogP) is 2.56. The van der Waals surface area contributed by atoms with Crippen molar-refractivity contribution in [1.29, 1.82) is 0 Å². The van der Waals surface area contributed by atoms with Gasteiger partial charge in [-0.2, -0.15) is 0 Å². The summed E-state index contributed by atoms with van der Waals surface area (Å²) in [4.78, 5) is 12.2. The summed E-state index contributed by atoms with van der Waals surface area (Å²) in [6.07, 6.45) is 0.867. The number of benzene rings is 2. The third-order valence-electron chi connectivity index (χ3n) is 3.54. The molecule has 0 aromatic heterocycles. The maximum Gasteiger partial charge on any atom is 0.251 e. The lowest BCUT2D eigenvalue weighted by molar-refractivity contribution is 0.0951. The van der Waals surface area contributed by atoms with Crippen LogP contribution >= 0.6 is 0 Å². The van der Waals surface area contributed by atoms with Crippen molar-refractivity contribution in [2.24, 2.45) is 0 Å². The number of hydrogen-bond donors (Lipinski definition) is 1. The molecule has 0 saturated heterocycles. The fraction of sp³-hybridized carbons (Fsp3) is 0.235. The Labute approximate surface area is 123 Å². The first kappa shape index (κ1) is 13.5. The van der Waals surface area contributed by atoms with E-state index in [1.165, 1.54) is 0 Å². The normalized spacial score (nSPS) is 12.4. The largest absolute Gasteiger partial charge is 0.497 e. The van der Waals surface area contributed by atoms with Crippen molar-refractivity contribution in [3.05, 3.63) is 59.2 Å². The molecule has 1 heterocycles. The molecular formula is C17H17NO3. The molecule has 3 rings (SSSR count). The molecule has 0 spiro atoms. The number of ether oxygens (including phenoxy) is 2. The number of nitrogens with one attached hydrogen (secondary N) is 1. The number of rotatable bonds is 4. The predicted molar refractivity (Wildman–Crippen MR) is 79.8 cm³/mol. The van der Waals surface area contributed by atoms with Crippen LogP contribution in [0.25, 0.3) is 0 Å². The number of hydrogen-bond acceptors (Lipinski definition) is 3. The number of amides is 1. The van der Waals surface area contributed by atoms with Crippen molar-refractivity contribution in [2.75, 3.05) is 13.7 Å². The quantitative estimate of drug-likeness (QED) is 0.938. The Morgan fingerprint density at radius 3 is 3.05 bits per heavy atom. The fourth-order valence-electron chi connectivity index (χ4n) is 2.39. The smallest absolute Gasteiger partial charge is 0.251 e. The van der Waals surface area contributed by atoms with Gasteiger partial charge in [0.15, 0.2) is 0 Å². The van der Waals surface area contributed by atoms with E-state index in [0.717, 1.165) is 29.0 Å². The van der Waals surface area contributed by atoms with E-state index in [0.29, 0.717) is 18.7 Å². The summed E-state index contributed by atoms with van der Waals surface area (Å²) < 4.78 is 10.6. The Balaban J connectivity index is 1.66. The molecule has 0 unspecified atom stereocenters. The Kier molecular flexibility index (Phi) is 3.77. The van der Waals surface area contributed by atoms with Gasteiger partial charge in [-0.1, -0.05) is 12.1 Å². The van der Waals surface area contributed by atoms with E-state index in [9.17, 15) is 4.79 Å². The Morgan fingerprint density at radius 2 is 2.19 bits per heavy atom. The Hall–Kier alpha value is -2.49. The number of methoxy groups -OCH3 is 1. The minimum absolute atomic E-state index is 0.0764. The maximum absolute atomic E-state index is 12.2. The molecule has 2 aromatic carbocycles. The van der Waals surface area contributed by atoms with Gasteiger partial charge in [-0.15, -0.1) is 0 Å². The van der Waals surface area contributed by atoms with E-state index in [1.54, 1.807) is 13.2 Å². The van der Waals surface area contributed by atoms with Crippen molar-refractivity contribution >= 4 is 5.91 Å². The number of carbonyl (C=O) groups is 1. The third kappa shape index (κ3) is 2.99. The van der Waals surface area contributed by atoms with Gasteiger partial charge in [0.05, 0.1) is 13.7 Å². The van der Waals surface area contributed by atoms with Gasteiger partial charge in [0.1, 0.15) is 11.5 Å². The molecule has 2 aromatic rings. The molecule has 0 aliphatic carbocycles. The summed E-state index contributed by atoms with van der Waals surface area (Å²) in [7, 11) is 1.63. The summed E-state index contributed by atoms with van der Waals surface area (Å²) in [5.41, 5.74) is 2.78. The highest BCUT2D eigenvalue weighted by Gasteiger charge is 2.14. The number of fused-ring (bicyclic) bond motifs is 1. The Morgan fingerprint density at radius 1 is 1.29 bits per heavy atom. The maximum atomic E-state index is 12.2. The number of carbonyl (C=O) groups excluding carboxylic acids is 1. The van der Waals surface area contributed by atoms with Crippen molar-refractivity contribution in [2.45, 2.75) is 13.0 Å². The molecule has 21 heavy (non-hydrogen) atoms. The van der Waals surface area contributed by atoms with E-state index in [-0.39, 0.29) is 5.91 Å². The second-order valence-corrected chi connectivity index (χ2v) is 4.96. The zero-order valence-electron chi connectivity index (χ0n) is 11.9. The molecule has 4 nitrogen and oxygen atoms in total. The lowest BCUT2D eigenvalue weighted by Crippen LogP contribution is -2.22. The van der Waals surface area contributed by atoms with Crippen molar-refractivity contribution in [3.8, 4) is 11.5 Å². The van der Waals surface area contributed by atoms with Crippen molar-refractivity contribution in [1.82, 2.24) is 5.32 Å². The lowest BCUT2D eigenvalue weighted by Gasteiger charge is -2.08. The minimum atomic E-state index is -0.0764. The first-order valence-corrected chi connectivity index (χ1v) is 6.93.